The molecule has 5 heteroatoms. The molecule has 0 saturated carbocycles. The van der Waals surface area contributed by atoms with E-state index in [4.69, 9.17) is 4.74 Å². The summed E-state index contributed by atoms with van der Waals surface area (Å²) in [6.07, 6.45) is 0. The van der Waals surface area contributed by atoms with Crippen molar-refractivity contribution in [1.82, 2.24) is 0 Å². The quantitative estimate of drug-likeness (QED) is 0.511. The molecule has 0 aliphatic heterocycles. The predicted molar refractivity (Wildman–Crippen MR) is 88.2 cm³/mol. The minimum atomic E-state index is 0.149. The molecule has 0 amide bonds. The number of aryl methyl sites for hydroxylation is 1. The maximum absolute atomic E-state index is 5.44. The fourth-order valence-corrected chi connectivity index (χ4v) is 4.34. The first-order chi connectivity index (χ1) is 8.52. The lowest BCUT2D eigenvalue weighted by Crippen LogP contribution is -1.95. The van der Waals surface area contributed by atoms with Crippen LogP contribution in [0.3, 0.4) is 0 Å². The summed E-state index contributed by atoms with van der Waals surface area (Å²) in [6.45, 7) is 2.11. The molecule has 1 atom stereocenters. The fraction of sp³-hybridized carbons (Fsp3) is 0.231. The third-order valence-electron chi connectivity index (χ3n) is 2.59. The molecule has 0 aliphatic rings. The molecule has 0 fully saturated rings. The third kappa shape index (κ3) is 3.00. The highest BCUT2D eigenvalue weighted by Crippen LogP contribution is 2.42. The molecule has 18 heavy (non-hydrogen) atoms. The topological polar surface area (TPSA) is 9.23 Å². The van der Waals surface area contributed by atoms with E-state index < -0.39 is 0 Å². The van der Waals surface area contributed by atoms with E-state index in [1.807, 2.05) is 12.1 Å². The standard InChI is InChI=1S/C13H11Br3OS/c1-7-10(15)6-12(18-7)13(16)9-4-3-8(14)5-11(9)17-2/h3-6,13H,1-2H3. The van der Waals surface area contributed by atoms with Gasteiger partial charge in [-0.1, -0.05) is 37.9 Å². The molecule has 0 aliphatic carbocycles. The molecule has 1 unspecified atom stereocenters. The summed E-state index contributed by atoms with van der Waals surface area (Å²) < 4.78 is 7.61. The maximum atomic E-state index is 5.44. The Morgan fingerprint density at radius 2 is 1.94 bits per heavy atom. The second-order valence-corrected chi connectivity index (χ2v) is 7.78. The second-order valence-electron chi connectivity index (χ2n) is 3.80. The Hall–Kier alpha value is 0.160. The van der Waals surface area contributed by atoms with Crippen molar-refractivity contribution >= 4 is 59.1 Å². The van der Waals surface area contributed by atoms with Gasteiger partial charge < -0.3 is 4.74 Å². The number of benzene rings is 1. The number of methoxy groups -OCH3 is 1. The first-order valence-corrected chi connectivity index (χ1v) is 8.58. The smallest absolute Gasteiger partial charge is 0.124 e. The highest BCUT2D eigenvalue weighted by molar-refractivity contribution is 9.11. The van der Waals surface area contributed by atoms with E-state index in [9.17, 15) is 0 Å². The molecule has 1 aromatic heterocycles. The number of hydrogen-bond donors (Lipinski definition) is 0. The lowest BCUT2D eigenvalue weighted by atomic mass is 10.1. The van der Waals surface area contributed by atoms with Crippen LogP contribution >= 0.6 is 59.1 Å². The van der Waals surface area contributed by atoms with E-state index in [2.05, 4.69) is 66.8 Å². The van der Waals surface area contributed by atoms with E-state index >= 15 is 0 Å². The van der Waals surface area contributed by atoms with Crippen molar-refractivity contribution in [1.29, 1.82) is 0 Å². The molecule has 1 aromatic carbocycles. The molecule has 0 spiro atoms. The van der Waals surface area contributed by atoms with Gasteiger partial charge in [-0.2, -0.15) is 0 Å². The van der Waals surface area contributed by atoms with Gasteiger partial charge in [0.1, 0.15) is 5.75 Å². The third-order valence-corrected chi connectivity index (χ3v) is 6.58. The van der Waals surface area contributed by atoms with Crippen molar-refractivity contribution in [3.63, 3.8) is 0 Å². The number of ether oxygens (including phenoxy) is 1. The van der Waals surface area contributed by atoms with Crippen LogP contribution in [0.4, 0.5) is 0 Å². The van der Waals surface area contributed by atoms with Gasteiger partial charge in [0.25, 0.3) is 0 Å². The van der Waals surface area contributed by atoms with Gasteiger partial charge in [-0.3, -0.25) is 0 Å². The zero-order valence-corrected chi connectivity index (χ0v) is 15.4. The highest BCUT2D eigenvalue weighted by Gasteiger charge is 2.18. The van der Waals surface area contributed by atoms with Crippen molar-refractivity contribution < 1.29 is 4.74 Å². The zero-order chi connectivity index (χ0) is 13.3. The van der Waals surface area contributed by atoms with Crippen molar-refractivity contribution in [2.45, 2.75) is 11.8 Å². The van der Waals surface area contributed by atoms with Crippen LogP contribution in [0.1, 0.15) is 20.1 Å². The van der Waals surface area contributed by atoms with Crippen LogP contribution in [0.2, 0.25) is 0 Å². The molecular weight excluding hydrogens is 444 g/mol. The number of hydrogen-bond acceptors (Lipinski definition) is 2. The monoisotopic (exact) mass is 452 g/mol. The summed E-state index contributed by atoms with van der Waals surface area (Å²) in [4.78, 5) is 2.70. The number of alkyl halides is 1. The number of halogens is 3. The van der Waals surface area contributed by atoms with Crippen LogP contribution in [-0.2, 0) is 0 Å². The lowest BCUT2D eigenvalue weighted by Gasteiger charge is -2.13. The highest BCUT2D eigenvalue weighted by atomic mass is 79.9. The van der Waals surface area contributed by atoms with Gasteiger partial charge in [0.05, 0.1) is 11.9 Å². The Bertz CT molecular complexity index is 546. The minimum Gasteiger partial charge on any atom is -0.496 e. The molecule has 1 nitrogen and oxygen atoms in total. The van der Waals surface area contributed by atoms with Crippen LogP contribution in [-0.4, -0.2) is 7.11 Å². The molecule has 2 rings (SSSR count). The van der Waals surface area contributed by atoms with Crippen molar-refractivity contribution in [3.8, 4) is 5.75 Å². The van der Waals surface area contributed by atoms with Crippen molar-refractivity contribution in [3.05, 3.63) is 48.5 Å². The van der Waals surface area contributed by atoms with Crippen molar-refractivity contribution in [2.75, 3.05) is 7.11 Å². The summed E-state index contributed by atoms with van der Waals surface area (Å²) >= 11 is 12.5. The maximum Gasteiger partial charge on any atom is 0.124 e. The average Bonchev–Trinajstić information content (AvgIpc) is 2.68. The number of thiophene rings is 1. The summed E-state index contributed by atoms with van der Waals surface area (Å²) in [6, 6.07) is 8.24. The fourth-order valence-electron chi connectivity index (χ4n) is 1.65. The van der Waals surface area contributed by atoms with E-state index in [1.54, 1.807) is 18.4 Å². The summed E-state index contributed by atoms with van der Waals surface area (Å²) in [5, 5.41) is 0. The largest absolute Gasteiger partial charge is 0.496 e. The van der Waals surface area contributed by atoms with Crippen molar-refractivity contribution in [2.24, 2.45) is 0 Å². The van der Waals surface area contributed by atoms with Gasteiger partial charge >= 0.3 is 0 Å². The molecule has 2 aromatic rings. The Morgan fingerprint density at radius 1 is 1.22 bits per heavy atom. The van der Waals surface area contributed by atoms with Gasteiger partial charge in [0.2, 0.25) is 0 Å². The number of rotatable bonds is 3. The van der Waals surface area contributed by atoms with Gasteiger partial charge in [-0.25, -0.2) is 0 Å². The van der Waals surface area contributed by atoms with E-state index in [1.165, 1.54) is 9.75 Å². The van der Waals surface area contributed by atoms with E-state index in [0.717, 1.165) is 20.3 Å². The zero-order valence-electron chi connectivity index (χ0n) is 9.84. The van der Waals surface area contributed by atoms with Gasteiger partial charge in [-0.15, -0.1) is 11.3 Å². The van der Waals surface area contributed by atoms with Crippen LogP contribution in [0.25, 0.3) is 0 Å². The van der Waals surface area contributed by atoms with Crippen LogP contribution in [0.15, 0.2) is 33.2 Å². The molecule has 0 radical (unpaired) electrons. The summed E-state index contributed by atoms with van der Waals surface area (Å²) in [5.74, 6) is 0.883. The Morgan fingerprint density at radius 3 is 2.50 bits per heavy atom. The molecular formula is C13H11Br3OS. The normalized spacial score (nSPS) is 12.5. The van der Waals surface area contributed by atoms with Crippen LogP contribution in [0.5, 0.6) is 5.75 Å². The molecule has 0 bridgehead atoms. The first-order valence-electron chi connectivity index (χ1n) is 5.26. The average molecular weight is 455 g/mol. The summed E-state index contributed by atoms with van der Waals surface area (Å²) in [7, 11) is 1.70. The molecule has 0 N–H and O–H groups in total. The predicted octanol–water partition coefficient (Wildman–Crippen LogP) is 6.07. The second kappa shape index (κ2) is 6.07. The van der Waals surface area contributed by atoms with Crippen LogP contribution < -0.4 is 4.74 Å². The Balaban J connectivity index is 2.42. The lowest BCUT2D eigenvalue weighted by molar-refractivity contribution is 0.410. The SMILES string of the molecule is COc1cc(Br)ccc1C(Br)c1cc(Br)c(C)s1. The Labute approximate surface area is 136 Å². The molecule has 1 heterocycles. The minimum absolute atomic E-state index is 0.149. The van der Waals surface area contributed by atoms with E-state index in [-0.39, 0.29) is 4.83 Å². The molecule has 96 valence electrons. The van der Waals surface area contributed by atoms with Gasteiger partial charge in [0, 0.05) is 24.3 Å². The summed E-state index contributed by atoms with van der Waals surface area (Å²) in [5.41, 5.74) is 1.13. The first kappa shape index (κ1) is 14.6. The Kier molecular flexibility index (Phi) is 4.92. The van der Waals surface area contributed by atoms with Crippen LogP contribution in [0, 0.1) is 6.92 Å². The molecule has 0 saturated heterocycles. The van der Waals surface area contributed by atoms with Gasteiger partial charge in [-0.05, 0) is 41.1 Å². The van der Waals surface area contributed by atoms with Gasteiger partial charge in [0.15, 0.2) is 0 Å². The van der Waals surface area contributed by atoms with E-state index in [0.29, 0.717) is 0 Å².